The van der Waals surface area contributed by atoms with Crippen LogP contribution in [0.15, 0.2) is 48.5 Å². The van der Waals surface area contributed by atoms with E-state index in [1.54, 1.807) is 18.2 Å². The number of rotatable bonds is 4. The van der Waals surface area contributed by atoms with Crippen molar-refractivity contribution < 1.29 is 22.8 Å². The minimum atomic E-state index is -4.36. The predicted octanol–water partition coefficient (Wildman–Crippen LogP) is 3.79. The lowest BCUT2D eigenvalue weighted by Gasteiger charge is -2.40. The molecule has 0 aliphatic carbocycles. The molecule has 2 heterocycles. The number of fused-ring (bicyclic) bond motifs is 1. The molecule has 1 fully saturated rings. The van der Waals surface area contributed by atoms with Gasteiger partial charge in [-0.3, -0.25) is 19.4 Å². The molecule has 0 bridgehead atoms. The van der Waals surface area contributed by atoms with Crippen LogP contribution < -0.4 is 4.90 Å². The number of carbonyl (C=O) groups is 2. The topological polar surface area (TPSA) is 43.9 Å². The number of nitrogens with zero attached hydrogens (tertiary/aromatic N) is 3. The van der Waals surface area contributed by atoms with Crippen LogP contribution in [0.5, 0.6) is 0 Å². The molecule has 4 rings (SSSR count). The molecule has 5 nitrogen and oxygen atoms in total. The number of anilines is 1. The Morgan fingerprint density at radius 2 is 1.59 bits per heavy atom. The number of imide groups is 1. The fourth-order valence-electron chi connectivity index (χ4n) is 4.46. The van der Waals surface area contributed by atoms with E-state index in [9.17, 15) is 22.8 Å². The highest BCUT2D eigenvalue weighted by Gasteiger charge is 2.44. The lowest BCUT2D eigenvalue weighted by atomic mass is 9.77. The highest BCUT2D eigenvalue weighted by molar-refractivity contribution is 6.12. The Bertz CT molecular complexity index is 1030. The van der Waals surface area contributed by atoms with Gasteiger partial charge in [0.05, 0.1) is 11.0 Å². The minimum Gasteiger partial charge on any atom is -0.369 e. The maximum absolute atomic E-state index is 13.0. The van der Waals surface area contributed by atoms with Gasteiger partial charge in [-0.05, 0) is 43.7 Å². The van der Waals surface area contributed by atoms with Gasteiger partial charge in [0.2, 0.25) is 5.91 Å². The number of benzene rings is 2. The van der Waals surface area contributed by atoms with Crippen molar-refractivity contribution in [2.75, 3.05) is 44.2 Å². The van der Waals surface area contributed by atoms with Crippen LogP contribution in [0.25, 0.3) is 0 Å². The molecule has 8 heteroatoms. The second kappa shape index (κ2) is 8.24. The average molecular weight is 445 g/mol. The predicted molar refractivity (Wildman–Crippen MR) is 116 cm³/mol. The highest BCUT2D eigenvalue weighted by atomic mass is 19.4. The zero-order valence-corrected chi connectivity index (χ0v) is 18.2. The smallest absolute Gasteiger partial charge is 0.369 e. The SMILES string of the molecule is CC1(C)C(=O)N(CCN2CCN(c3cccc(C(F)(F)F)c3)CC2)C(=O)c2ccccc21. The lowest BCUT2D eigenvalue weighted by molar-refractivity contribution is -0.137. The largest absolute Gasteiger partial charge is 0.416 e. The van der Waals surface area contributed by atoms with E-state index in [1.807, 2.05) is 30.9 Å². The summed E-state index contributed by atoms with van der Waals surface area (Å²) in [4.78, 5) is 31.4. The van der Waals surface area contributed by atoms with Crippen LogP contribution in [0.3, 0.4) is 0 Å². The summed E-state index contributed by atoms with van der Waals surface area (Å²) in [5.41, 5.74) is 0.446. The van der Waals surface area contributed by atoms with Gasteiger partial charge in [-0.1, -0.05) is 24.3 Å². The van der Waals surface area contributed by atoms with Crippen molar-refractivity contribution in [2.24, 2.45) is 0 Å². The van der Waals surface area contributed by atoms with E-state index in [0.29, 0.717) is 50.5 Å². The van der Waals surface area contributed by atoms with E-state index in [2.05, 4.69) is 4.90 Å². The third-order valence-corrected chi connectivity index (χ3v) is 6.41. The molecule has 0 spiro atoms. The van der Waals surface area contributed by atoms with Gasteiger partial charge in [-0.15, -0.1) is 0 Å². The molecule has 0 aromatic heterocycles. The second-order valence-corrected chi connectivity index (χ2v) is 8.81. The normalized spacial score (nSPS) is 19.3. The summed E-state index contributed by atoms with van der Waals surface area (Å²) < 4.78 is 39.0. The number of carbonyl (C=O) groups excluding carboxylic acids is 2. The molecular weight excluding hydrogens is 419 g/mol. The van der Waals surface area contributed by atoms with Crippen LogP contribution >= 0.6 is 0 Å². The molecular formula is C24H26F3N3O2. The van der Waals surface area contributed by atoms with Crippen molar-refractivity contribution >= 4 is 17.5 Å². The summed E-state index contributed by atoms with van der Waals surface area (Å²) in [5.74, 6) is -0.476. The molecule has 170 valence electrons. The van der Waals surface area contributed by atoms with E-state index in [1.165, 1.54) is 17.0 Å². The van der Waals surface area contributed by atoms with Crippen molar-refractivity contribution in [3.05, 3.63) is 65.2 Å². The van der Waals surface area contributed by atoms with Crippen LogP contribution in [-0.2, 0) is 16.4 Å². The molecule has 2 aromatic carbocycles. The third kappa shape index (κ3) is 4.11. The first kappa shape index (κ1) is 22.3. The molecule has 2 amide bonds. The Morgan fingerprint density at radius 3 is 2.28 bits per heavy atom. The molecule has 2 aliphatic rings. The monoisotopic (exact) mass is 445 g/mol. The van der Waals surface area contributed by atoms with Crippen LogP contribution in [0, 0.1) is 0 Å². The maximum atomic E-state index is 13.0. The summed E-state index contributed by atoms with van der Waals surface area (Å²) in [6, 6.07) is 12.6. The van der Waals surface area contributed by atoms with Gasteiger partial charge in [0, 0.05) is 50.5 Å². The first-order chi connectivity index (χ1) is 15.1. The van der Waals surface area contributed by atoms with Crippen molar-refractivity contribution in [1.29, 1.82) is 0 Å². The molecule has 0 unspecified atom stereocenters. The summed E-state index contributed by atoms with van der Waals surface area (Å²) in [5, 5.41) is 0. The van der Waals surface area contributed by atoms with Crippen molar-refractivity contribution in [3.63, 3.8) is 0 Å². The minimum absolute atomic E-state index is 0.205. The standard InChI is InChI=1S/C24H26F3N3O2/c1-23(2)20-9-4-3-8-19(20)21(31)30(22(23)32)15-12-28-10-13-29(14-11-28)18-7-5-6-17(16-18)24(25,26)27/h3-9,16H,10-15H2,1-2H3. The summed E-state index contributed by atoms with van der Waals surface area (Å²) in [7, 11) is 0. The fourth-order valence-corrected chi connectivity index (χ4v) is 4.46. The molecule has 0 saturated carbocycles. The van der Waals surface area contributed by atoms with Gasteiger partial charge in [0.15, 0.2) is 0 Å². The Morgan fingerprint density at radius 1 is 0.906 bits per heavy atom. The van der Waals surface area contributed by atoms with Gasteiger partial charge >= 0.3 is 6.18 Å². The van der Waals surface area contributed by atoms with Crippen molar-refractivity contribution in [2.45, 2.75) is 25.4 Å². The molecule has 2 aliphatic heterocycles. The van der Waals surface area contributed by atoms with Crippen LogP contribution in [-0.4, -0.2) is 60.9 Å². The van der Waals surface area contributed by atoms with Gasteiger partial charge in [0.1, 0.15) is 0 Å². The Labute approximate surface area is 185 Å². The van der Waals surface area contributed by atoms with Crippen molar-refractivity contribution in [3.8, 4) is 0 Å². The lowest BCUT2D eigenvalue weighted by Crippen LogP contribution is -2.55. The van der Waals surface area contributed by atoms with Crippen LogP contribution in [0.2, 0.25) is 0 Å². The zero-order chi connectivity index (χ0) is 23.1. The maximum Gasteiger partial charge on any atom is 0.416 e. The Kier molecular flexibility index (Phi) is 5.75. The summed E-state index contributed by atoms with van der Waals surface area (Å²) >= 11 is 0. The third-order valence-electron chi connectivity index (χ3n) is 6.41. The highest BCUT2D eigenvalue weighted by Crippen LogP contribution is 2.34. The van der Waals surface area contributed by atoms with Crippen LogP contribution in [0.4, 0.5) is 18.9 Å². The van der Waals surface area contributed by atoms with E-state index >= 15 is 0 Å². The fraction of sp³-hybridized carbons (Fsp3) is 0.417. The Balaban J connectivity index is 1.38. The van der Waals surface area contributed by atoms with Crippen molar-refractivity contribution in [1.82, 2.24) is 9.80 Å². The number of amides is 2. The van der Waals surface area contributed by atoms with E-state index < -0.39 is 17.2 Å². The second-order valence-electron chi connectivity index (χ2n) is 8.81. The van der Waals surface area contributed by atoms with E-state index in [4.69, 9.17) is 0 Å². The number of halogens is 3. The quantitative estimate of drug-likeness (QED) is 0.672. The van der Waals surface area contributed by atoms with Gasteiger partial charge in [-0.25, -0.2) is 0 Å². The Hall–Kier alpha value is -2.87. The molecule has 32 heavy (non-hydrogen) atoms. The number of hydrogen-bond acceptors (Lipinski definition) is 4. The molecule has 0 radical (unpaired) electrons. The summed E-state index contributed by atoms with van der Waals surface area (Å²) in [6.07, 6.45) is -4.36. The number of alkyl halides is 3. The van der Waals surface area contributed by atoms with Gasteiger partial charge in [-0.2, -0.15) is 13.2 Å². The number of hydrogen-bond donors (Lipinski definition) is 0. The number of piperazine rings is 1. The van der Waals surface area contributed by atoms with E-state index in [-0.39, 0.29) is 11.8 Å². The van der Waals surface area contributed by atoms with E-state index in [0.717, 1.165) is 11.6 Å². The molecule has 0 atom stereocenters. The molecule has 0 N–H and O–H groups in total. The average Bonchev–Trinajstić information content (AvgIpc) is 2.78. The first-order valence-electron chi connectivity index (χ1n) is 10.7. The van der Waals surface area contributed by atoms with Gasteiger partial charge in [0.25, 0.3) is 5.91 Å². The molecule has 2 aromatic rings. The summed E-state index contributed by atoms with van der Waals surface area (Å²) in [6.45, 7) is 6.95. The zero-order valence-electron chi connectivity index (χ0n) is 18.2. The van der Waals surface area contributed by atoms with Gasteiger partial charge < -0.3 is 4.90 Å². The van der Waals surface area contributed by atoms with Crippen LogP contribution in [0.1, 0.15) is 35.3 Å². The molecule has 1 saturated heterocycles. The first-order valence-corrected chi connectivity index (χ1v) is 10.7.